The van der Waals surface area contributed by atoms with Crippen LogP contribution < -0.4 is 9.64 Å². The lowest BCUT2D eigenvalue weighted by Gasteiger charge is -2.21. The van der Waals surface area contributed by atoms with E-state index in [2.05, 4.69) is 15.9 Å². The maximum atomic E-state index is 12.0. The van der Waals surface area contributed by atoms with Crippen molar-refractivity contribution in [3.05, 3.63) is 24.3 Å². The molecule has 1 heterocycles. The zero-order valence-corrected chi connectivity index (χ0v) is 10.6. The third-order valence-electron chi connectivity index (χ3n) is 2.55. The molecule has 1 aromatic carbocycles. The van der Waals surface area contributed by atoms with Gasteiger partial charge in [0, 0.05) is 18.3 Å². The Balaban J connectivity index is 2.28. The molecular formula is C12H14BrNO2. The standard InChI is InChI=1S/C12H14BrNO2/c13-7-6-12(15)14-8-3-9-16-11-5-2-1-4-10(11)14/h1-2,4-5H,3,6-9H2. The number of carbonyl (C=O) groups excluding carboxylic acids is 1. The summed E-state index contributed by atoms with van der Waals surface area (Å²) in [7, 11) is 0. The first kappa shape index (κ1) is 11.5. The molecular weight excluding hydrogens is 270 g/mol. The number of amides is 1. The SMILES string of the molecule is O=C(CCBr)N1CCCOc2ccccc21. The van der Waals surface area contributed by atoms with Crippen LogP contribution in [0.4, 0.5) is 5.69 Å². The molecule has 0 spiro atoms. The Morgan fingerprint density at radius 3 is 3.06 bits per heavy atom. The summed E-state index contributed by atoms with van der Waals surface area (Å²) in [5, 5.41) is 0.700. The van der Waals surface area contributed by atoms with Gasteiger partial charge in [-0.05, 0) is 18.6 Å². The smallest absolute Gasteiger partial charge is 0.227 e. The Hall–Kier alpha value is -1.03. The second-order valence-corrected chi connectivity index (χ2v) is 4.45. The molecule has 0 atom stereocenters. The van der Waals surface area contributed by atoms with Crippen LogP contribution in [-0.4, -0.2) is 24.4 Å². The van der Waals surface area contributed by atoms with Gasteiger partial charge in [0.2, 0.25) is 5.91 Å². The minimum atomic E-state index is 0.148. The minimum Gasteiger partial charge on any atom is -0.491 e. The van der Waals surface area contributed by atoms with Crippen molar-refractivity contribution in [3.8, 4) is 5.75 Å². The van der Waals surface area contributed by atoms with Crippen molar-refractivity contribution >= 4 is 27.5 Å². The maximum absolute atomic E-state index is 12.0. The lowest BCUT2D eigenvalue weighted by molar-refractivity contribution is -0.118. The Labute approximate surface area is 104 Å². The lowest BCUT2D eigenvalue weighted by atomic mass is 10.2. The fourth-order valence-electron chi connectivity index (χ4n) is 1.80. The van der Waals surface area contributed by atoms with E-state index in [1.54, 1.807) is 0 Å². The second kappa shape index (κ2) is 5.34. The number of hydrogen-bond donors (Lipinski definition) is 0. The highest BCUT2D eigenvalue weighted by molar-refractivity contribution is 9.09. The van der Waals surface area contributed by atoms with E-state index < -0.39 is 0 Å². The van der Waals surface area contributed by atoms with Crippen LogP contribution >= 0.6 is 15.9 Å². The van der Waals surface area contributed by atoms with Gasteiger partial charge in [-0.2, -0.15) is 0 Å². The summed E-state index contributed by atoms with van der Waals surface area (Å²) in [6.07, 6.45) is 1.40. The number of hydrogen-bond acceptors (Lipinski definition) is 2. The molecule has 1 aliphatic rings. The fraction of sp³-hybridized carbons (Fsp3) is 0.417. The van der Waals surface area contributed by atoms with Crippen LogP contribution in [0, 0.1) is 0 Å². The van der Waals surface area contributed by atoms with Gasteiger partial charge in [0.15, 0.2) is 0 Å². The van der Waals surface area contributed by atoms with Crippen LogP contribution in [-0.2, 0) is 4.79 Å². The van der Waals surface area contributed by atoms with Gasteiger partial charge in [0.05, 0.1) is 12.3 Å². The average Bonchev–Trinajstić information content (AvgIpc) is 2.51. The molecule has 0 N–H and O–H groups in total. The summed E-state index contributed by atoms with van der Waals surface area (Å²) in [5.41, 5.74) is 0.894. The number of alkyl halides is 1. The summed E-state index contributed by atoms with van der Waals surface area (Å²) < 4.78 is 5.60. The third-order valence-corrected chi connectivity index (χ3v) is 2.95. The van der Waals surface area contributed by atoms with Crippen LogP contribution in [0.25, 0.3) is 0 Å². The van der Waals surface area contributed by atoms with Crippen molar-refractivity contribution < 1.29 is 9.53 Å². The molecule has 0 saturated carbocycles. The number of fused-ring (bicyclic) bond motifs is 1. The van der Waals surface area contributed by atoms with Crippen molar-refractivity contribution in [1.82, 2.24) is 0 Å². The van der Waals surface area contributed by atoms with Crippen LogP contribution in [0.1, 0.15) is 12.8 Å². The second-order valence-electron chi connectivity index (χ2n) is 3.65. The Bertz CT molecular complexity index is 381. The van der Waals surface area contributed by atoms with Gasteiger partial charge in [0.1, 0.15) is 5.75 Å². The van der Waals surface area contributed by atoms with Crippen LogP contribution in [0.5, 0.6) is 5.75 Å². The molecule has 3 nitrogen and oxygen atoms in total. The van der Waals surface area contributed by atoms with Gasteiger partial charge in [-0.3, -0.25) is 4.79 Å². The monoisotopic (exact) mass is 283 g/mol. The molecule has 1 aliphatic heterocycles. The van der Waals surface area contributed by atoms with Crippen molar-refractivity contribution in [2.45, 2.75) is 12.8 Å². The number of halogens is 1. The highest BCUT2D eigenvalue weighted by atomic mass is 79.9. The van der Waals surface area contributed by atoms with Crippen molar-refractivity contribution in [3.63, 3.8) is 0 Å². The first-order valence-corrected chi connectivity index (χ1v) is 6.53. The molecule has 86 valence electrons. The lowest BCUT2D eigenvalue weighted by Crippen LogP contribution is -2.31. The summed E-state index contributed by atoms with van der Waals surface area (Å²) in [4.78, 5) is 13.8. The molecule has 0 saturated heterocycles. The Morgan fingerprint density at radius 1 is 1.44 bits per heavy atom. The van der Waals surface area contributed by atoms with Crippen LogP contribution in [0.15, 0.2) is 24.3 Å². The maximum Gasteiger partial charge on any atom is 0.227 e. The first-order chi connectivity index (χ1) is 7.83. The molecule has 0 unspecified atom stereocenters. The summed E-state index contributed by atoms with van der Waals surface area (Å²) in [6, 6.07) is 7.71. The number of benzene rings is 1. The van der Waals surface area contributed by atoms with Crippen LogP contribution in [0.2, 0.25) is 0 Å². The molecule has 0 aliphatic carbocycles. The number of anilines is 1. The molecule has 16 heavy (non-hydrogen) atoms. The van der Waals surface area contributed by atoms with Crippen LogP contribution in [0.3, 0.4) is 0 Å². The molecule has 1 amide bonds. The van der Waals surface area contributed by atoms with E-state index in [1.807, 2.05) is 29.2 Å². The normalized spacial score (nSPS) is 14.9. The summed E-state index contributed by atoms with van der Waals surface area (Å²) >= 11 is 3.30. The quantitative estimate of drug-likeness (QED) is 0.781. The molecule has 0 aromatic heterocycles. The van der Waals surface area contributed by atoms with E-state index in [1.165, 1.54) is 0 Å². The minimum absolute atomic E-state index is 0.148. The van der Waals surface area contributed by atoms with E-state index in [0.717, 1.165) is 24.4 Å². The molecule has 0 radical (unpaired) electrons. The van der Waals surface area contributed by atoms with Crippen molar-refractivity contribution in [2.24, 2.45) is 0 Å². The Kier molecular flexibility index (Phi) is 3.83. The van der Waals surface area contributed by atoms with E-state index in [9.17, 15) is 4.79 Å². The van der Waals surface area contributed by atoms with E-state index in [-0.39, 0.29) is 5.91 Å². The fourth-order valence-corrected chi connectivity index (χ4v) is 2.14. The van der Waals surface area contributed by atoms with Gasteiger partial charge in [-0.1, -0.05) is 28.1 Å². The largest absolute Gasteiger partial charge is 0.491 e. The zero-order valence-electron chi connectivity index (χ0n) is 8.99. The highest BCUT2D eigenvalue weighted by Gasteiger charge is 2.20. The van der Waals surface area contributed by atoms with E-state index >= 15 is 0 Å². The molecule has 2 rings (SSSR count). The number of ether oxygens (including phenoxy) is 1. The molecule has 0 bridgehead atoms. The summed E-state index contributed by atoms with van der Waals surface area (Å²) in [5.74, 6) is 0.956. The number of nitrogens with zero attached hydrogens (tertiary/aromatic N) is 1. The van der Waals surface area contributed by atoms with Gasteiger partial charge in [-0.15, -0.1) is 0 Å². The number of rotatable bonds is 2. The third kappa shape index (κ3) is 2.38. The first-order valence-electron chi connectivity index (χ1n) is 5.41. The molecule has 4 heteroatoms. The van der Waals surface area contributed by atoms with Gasteiger partial charge in [0.25, 0.3) is 0 Å². The predicted octanol–water partition coefficient (Wildman–Crippen LogP) is 2.59. The Morgan fingerprint density at radius 2 is 2.25 bits per heavy atom. The van der Waals surface area contributed by atoms with Gasteiger partial charge >= 0.3 is 0 Å². The number of para-hydroxylation sites is 2. The highest BCUT2D eigenvalue weighted by Crippen LogP contribution is 2.30. The van der Waals surface area contributed by atoms with Gasteiger partial charge in [-0.25, -0.2) is 0 Å². The predicted molar refractivity (Wildman–Crippen MR) is 67.3 cm³/mol. The summed E-state index contributed by atoms with van der Waals surface area (Å²) in [6.45, 7) is 1.41. The molecule has 0 fully saturated rings. The molecule has 1 aromatic rings. The van der Waals surface area contributed by atoms with E-state index in [4.69, 9.17) is 4.74 Å². The zero-order chi connectivity index (χ0) is 11.4. The topological polar surface area (TPSA) is 29.5 Å². The van der Waals surface area contributed by atoms with Crippen molar-refractivity contribution in [1.29, 1.82) is 0 Å². The number of carbonyl (C=O) groups is 1. The average molecular weight is 284 g/mol. The van der Waals surface area contributed by atoms with E-state index in [0.29, 0.717) is 18.4 Å². The van der Waals surface area contributed by atoms with Gasteiger partial charge < -0.3 is 9.64 Å². The van der Waals surface area contributed by atoms with Crippen molar-refractivity contribution in [2.75, 3.05) is 23.4 Å².